The third-order valence-electron chi connectivity index (χ3n) is 1.40. The zero-order valence-electron chi connectivity index (χ0n) is 5.96. The Kier molecular flexibility index (Phi) is 3.22. The number of alkyl halides is 1. The van der Waals surface area contributed by atoms with Gasteiger partial charge in [-0.3, -0.25) is 10.1 Å². The second kappa shape index (κ2) is 4.00. The first kappa shape index (κ1) is 9.67. The summed E-state index contributed by atoms with van der Waals surface area (Å²) in [6, 6.07) is 5.15. The molecule has 1 rings (SSSR count). The van der Waals surface area contributed by atoms with Crippen LogP contribution in [0.1, 0.15) is 5.56 Å². The summed E-state index contributed by atoms with van der Waals surface area (Å²) in [6.45, 7) is 0. The summed E-state index contributed by atoms with van der Waals surface area (Å²) < 4.78 is 0.518. The van der Waals surface area contributed by atoms with Crippen LogP contribution in [0.3, 0.4) is 0 Å². The average molecular weight is 295 g/mol. The molecule has 0 N–H and O–H groups in total. The maximum atomic E-state index is 10.6. The molecule has 12 heavy (non-hydrogen) atoms. The lowest BCUT2D eigenvalue weighted by molar-refractivity contribution is -0.386. The first-order chi connectivity index (χ1) is 5.66. The van der Waals surface area contributed by atoms with Crippen molar-refractivity contribution in [3.05, 3.63) is 38.3 Å². The van der Waals surface area contributed by atoms with Crippen molar-refractivity contribution >= 4 is 37.5 Å². The van der Waals surface area contributed by atoms with Crippen LogP contribution in [0.5, 0.6) is 0 Å². The van der Waals surface area contributed by atoms with E-state index in [-0.39, 0.29) is 10.6 Å². The Balaban J connectivity index is 3.29. The van der Waals surface area contributed by atoms with Crippen LogP contribution in [0, 0.1) is 10.1 Å². The molecule has 1 aromatic rings. The Morgan fingerprint density at radius 1 is 1.50 bits per heavy atom. The summed E-state index contributed by atoms with van der Waals surface area (Å²) >= 11 is 6.31. The molecule has 0 spiro atoms. The lowest BCUT2D eigenvalue weighted by Crippen LogP contribution is -1.93. The Bertz CT molecular complexity index is 314. The lowest BCUT2D eigenvalue weighted by atomic mass is 10.2. The minimum absolute atomic E-state index is 0.134. The quantitative estimate of drug-likeness (QED) is 0.477. The summed E-state index contributed by atoms with van der Waals surface area (Å²) in [5.74, 6) is 0. The Labute approximate surface area is 86.2 Å². The van der Waals surface area contributed by atoms with Crippen LogP contribution in [0.2, 0.25) is 0 Å². The minimum Gasteiger partial charge on any atom is -0.258 e. The second-order valence-corrected chi connectivity index (χ2v) is 3.55. The highest BCUT2D eigenvalue weighted by Crippen LogP contribution is 2.29. The Morgan fingerprint density at radius 3 is 2.58 bits per heavy atom. The number of hydrogen-bond donors (Lipinski definition) is 0. The number of nitro benzene ring substituents is 1. The van der Waals surface area contributed by atoms with E-state index < -0.39 is 0 Å². The molecule has 3 nitrogen and oxygen atoms in total. The summed E-state index contributed by atoms with van der Waals surface area (Å²) in [7, 11) is 0. The minimum atomic E-state index is -0.388. The van der Waals surface area contributed by atoms with E-state index in [4.69, 9.17) is 0 Å². The average Bonchev–Trinajstić information content (AvgIpc) is 2.03. The number of para-hydroxylation sites is 1. The second-order valence-electron chi connectivity index (χ2n) is 2.14. The monoisotopic (exact) mass is 293 g/mol. The maximum absolute atomic E-state index is 10.6. The molecule has 1 aromatic carbocycles. The highest BCUT2D eigenvalue weighted by atomic mass is 79.9. The standard InChI is InChI=1S/C7H5Br2NO2/c8-4-5-2-1-3-6(9)7(5)10(11)12/h1-3H,4H2. The van der Waals surface area contributed by atoms with Gasteiger partial charge < -0.3 is 0 Å². The number of halogens is 2. The zero-order chi connectivity index (χ0) is 9.14. The fourth-order valence-electron chi connectivity index (χ4n) is 0.872. The fraction of sp³-hybridized carbons (Fsp3) is 0.143. The molecule has 0 saturated heterocycles. The van der Waals surface area contributed by atoms with Gasteiger partial charge in [-0.1, -0.05) is 28.1 Å². The number of nitro groups is 1. The molecule has 0 radical (unpaired) electrons. The van der Waals surface area contributed by atoms with Crippen LogP contribution in [0.4, 0.5) is 5.69 Å². The van der Waals surface area contributed by atoms with Gasteiger partial charge in [0, 0.05) is 10.9 Å². The first-order valence-corrected chi connectivity index (χ1v) is 5.06. The third-order valence-corrected chi connectivity index (χ3v) is 2.64. The van der Waals surface area contributed by atoms with Crippen molar-refractivity contribution < 1.29 is 4.92 Å². The van der Waals surface area contributed by atoms with E-state index >= 15 is 0 Å². The fourth-order valence-corrected chi connectivity index (χ4v) is 1.88. The zero-order valence-corrected chi connectivity index (χ0v) is 9.13. The largest absolute Gasteiger partial charge is 0.287 e. The molecule has 0 amide bonds. The van der Waals surface area contributed by atoms with Crippen LogP contribution >= 0.6 is 31.9 Å². The summed E-state index contributed by atoms with van der Waals surface area (Å²) in [4.78, 5) is 10.2. The van der Waals surface area contributed by atoms with Crippen LogP contribution in [0.15, 0.2) is 22.7 Å². The van der Waals surface area contributed by atoms with Gasteiger partial charge in [-0.05, 0) is 22.0 Å². The number of hydrogen-bond acceptors (Lipinski definition) is 2. The van der Waals surface area contributed by atoms with Gasteiger partial charge in [0.15, 0.2) is 0 Å². The van der Waals surface area contributed by atoms with Crippen LogP contribution in [0.25, 0.3) is 0 Å². The van der Waals surface area contributed by atoms with Crippen LogP contribution in [-0.4, -0.2) is 4.92 Å². The first-order valence-electron chi connectivity index (χ1n) is 3.14. The van der Waals surface area contributed by atoms with Gasteiger partial charge in [0.25, 0.3) is 5.69 Å². The van der Waals surface area contributed by atoms with Crippen molar-refractivity contribution in [1.29, 1.82) is 0 Å². The van der Waals surface area contributed by atoms with Crippen LogP contribution in [-0.2, 0) is 5.33 Å². The lowest BCUT2D eigenvalue weighted by Gasteiger charge is -1.99. The van der Waals surface area contributed by atoms with Crippen LogP contribution < -0.4 is 0 Å². The van der Waals surface area contributed by atoms with Crippen molar-refractivity contribution in [3.63, 3.8) is 0 Å². The van der Waals surface area contributed by atoms with Crippen molar-refractivity contribution in [2.45, 2.75) is 5.33 Å². The smallest absolute Gasteiger partial charge is 0.258 e. The molecule has 0 aliphatic rings. The van der Waals surface area contributed by atoms with E-state index in [9.17, 15) is 10.1 Å². The van der Waals surface area contributed by atoms with Gasteiger partial charge in [-0.15, -0.1) is 0 Å². The molecule has 0 aliphatic carbocycles. The Hall–Kier alpha value is -0.420. The van der Waals surface area contributed by atoms with E-state index in [0.29, 0.717) is 15.4 Å². The van der Waals surface area contributed by atoms with E-state index in [2.05, 4.69) is 31.9 Å². The summed E-state index contributed by atoms with van der Waals surface area (Å²) in [5, 5.41) is 11.0. The number of nitrogens with zero attached hydrogens (tertiary/aromatic N) is 1. The molecule has 0 saturated carbocycles. The molecule has 0 unspecified atom stereocenters. The SMILES string of the molecule is O=[N+]([O-])c1c(Br)cccc1CBr. The van der Waals surface area contributed by atoms with Gasteiger partial charge in [-0.2, -0.15) is 0 Å². The van der Waals surface area contributed by atoms with Gasteiger partial charge in [0.2, 0.25) is 0 Å². The van der Waals surface area contributed by atoms with Gasteiger partial charge in [0.05, 0.1) is 9.40 Å². The van der Waals surface area contributed by atoms with E-state index in [1.54, 1.807) is 18.2 Å². The molecule has 0 fully saturated rings. The van der Waals surface area contributed by atoms with E-state index in [0.717, 1.165) is 0 Å². The van der Waals surface area contributed by atoms with Gasteiger partial charge >= 0.3 is 0 Å². The topological polar surface area (TPSA) is 43.1 Å². The molecule has 5 heteroatoms. The van der Waals surface area contributed by atoms with E-state index in [1.807, 2.05) is 0 Å². The van der Waals surface area contributed by atoms with E-state index in [1.165, 1.54) is 0 Å². The highest BCUT2D eigenvalue weighted by molar-refractivity contribution is 9.10. The molecule has 0 bridgehead atoms. The van der Waals surface area contributed by atoms with Crippen molar-refractivity contribution in [2.75, 3.05) is 0 Å². The highest BCUT2D eigenvalue weighted by Gasteiger charge is 2.16. The molecule has 0 aliphatic heterocycles. The molecule has 64 valence electrons. The normalized spacial score (nSPS) is 9.83. The summed E-state index contributed by atoms with van der Waals surface area (Å²) in [5.41, 5.74) is 0.809. The Morgan fingerprint density at radius 2 is 2.17 bits per heavy atom. The molecule has 0 heterocycles. The molecule has 0 aromatic heterocycles. The predicted molar refractivity (Wildman–Crippen MR) is 53.4 cm³/mol. The van der Waals surface area contributed by atoms with Crippen molar-refractivity contribution in [3.8, 4) is 0 Å². The number of benzene rings is 1. The van der Waals surface area contributed by atoms with Crippen molar-refractivity contribution in [1.82, 2.24) is 0 Å². The third kappa shape index (κ3) is 1.84. The summed E-state index contributed by atoms with van der Waals surface area (Å²) in [6.07, 6.45) is 0. The van der Waals surface area contributed by atoms with Gasteiger partial charge in [-0.25, -0.2) is 0 Å². The molecule has 0 atom stereocenters. The van der Waals surface area contributed by atoms with Crippen molar-refractivity contribution in [2.24, 2.45) is 0 Å². The maximum Gasteiger partial charge on any atom is 0.287 e. The molecular formula is C7H5Br2NO2. The van der Waals surface area contributed by atoms with Gasteiger partial charge in [0.1, 0.15) is 0 Å². The number of rotatable bonds is 2. The molecular weight excluding hydrogens is 290 g/mol. The predicted octanol–water partition coefficient (Wildman–Crippen LogP) is 3.25.